The molecule has 0 saturated heterocycles. The van der Waals surface area contributed by atoms with Crippen LogP contribution >= 0.6 is 0 Å². The molecule has 0 aliphatic heterocycles. The van der Waals surface area contributed by atoms with Crippen molar-refractivity contribution in [3.63, 3.8) is 0 Å². The van der Waals surface area contributed by atoms with Crippen molar-refractivity contribution < 1.29 is 4.79 Å². The number of rotatable bonds is 5. The third-order valence-electron chi connectivity index (χ3n) is 3.40. The van der Waals surface area contributed by atoms with Crippen molar-refractivity contribution in [2.75, 3.05) is 0 Å². The van der Waals surface area contributed by atoms with Crippen molar-refractivity contribution in [3.05, 3.63) is 90.3 Å². The Morgan fingerprint density at radius 1 is 1.04 bits per heavy atom. The Bertz CT molecular complexity index is 775. The van der Waals surface area contributed by atoms with Gasteiger partial charge in [-0.25, -0.2) is 4.68 Å². The summed E-state index contributed by atoms with van der Waals surface area (Å²) in [5.74, 6) is -0.106. The first-order valence-corrected chi connectivity index (χ1v) is 7.41. The molecule has 0 atom stereocenters. The van der Waals surface area contributed by atoms with Crippen molar-refractivity contribution in [1.82, 2.24) is 15.1 Å². The smallest absolute Gasteiger partial charge is 0.244 e. The third-order valence-corrected chi connectivity index (χ3v) is 3.40. The zero-order chi connectivity index (χ0) is 15.9. The normalized spacial score (nSPS) is 10.8. The summed E-state index contributed by atoms with van der Waals surface area (Å²) in [6.07, 6.45) is 6.99. The average Bonchev–Trinajstić information content (AvgIpc) is 3.14. The molecule has 4 nitrogen and oxygen atoms in total. The molecular formula is C19H17N3O. The van der Waals surface area contributed by atoms with Crippen LogP contribution in [0.3, 0.4) is 0 Å². The van der Waals surface area contributed by atoms with Crippen molar-refractivity contribution in [2.24, 2.45) is 0 Å². The Kier molecular flexibility index (Phi) is 4.64. The average molecular weight is 303 g/mol. The van der Waals surface area contributed by atoms with Gasteiger partial charge in [-0.15, -0.1) is 0 Å². The van der Waals surface area contributed by atoms with Gasteiger partial charge in [0.25, 0.3) is 0 Å². The van der Waals surface area contributed by atoms with Gasteiger partial charge in [0, 0.05) is 25.0 Å². The molecule has 0 saturated carbocycles. The van der Waals surface area contributed by atoms with E-state index in [4.69, 9.17) is 0 Å². The first kappa shape index (κ1) is 14.8. The molecule has 1 heterocycles. The predicted molar refractivity (Wildman–Crippen MR) is 90.9 cm³/mol. The standard InChI is InChI=1S/C19H17N3O/c23-19(12-9-16-5-2-1-3-6-16)20-15-17-7-10-18(11-8-17)22-14-4-13-21-22/h1-14H,15H2,(H,20,23). The zero-order valence-corrected chi connectivity index (χ0v) is 12.6. The van der Waals surface area contributed by atoms with Gasteiger partial charge in [0.2, 0.25) is 5.91 Å². The van der Waals surface area contributed by atoms with Crippen LogP contribution in [0.15, 0.2) is 79.1 Å². The Balaban J connectivity index is 1.54. The Morgan fingerprint density at radius 2 is 1.83 bits per heavy atom. The summed E-state index contributed by atoms with van der Waals surface area (Å²) in [4.78, 5) is 11.8. The van der Waals surface area contributed by atoms with Gasteiger partial charge in [-0.1, -0.05) is 42.5 Å². The lowest BCUT2D eigenvalue weighted by Crippen LogP contribution is -2.20. The summed E-state index contributed by atoms with van der Waals surface area (Å²) in [7, 11) is 0. The Labute approximate surface area is 135 Å². The SMILES string of the molecule is O=C(C=Cc1ccccc1)NCc1ccc(-n2cccn2)cc1. The minimum atomic E-state index is -0.106. The van der Waals surface area contributed by atoms with Crippen molar-refractivity contribution in [1.29, 1.82) is 0 Å². The molecule has 23 heavy (non-hydrogen) atoms. The van der Waals surface area contributed by atoms with Gasteiger partial charge in [-0.2, -0.15) is 5.10 Å². The molecule has 0 fully saturated rings. The maximum Gasteiger partial charge on any atom is 0.244 e. The molecular weight excluding hydrogens is 286 g/mol. The van der Waals surface area contributed by atoms with E-state index in [9.17, 15) is 4.79 Å². The second-order valence-electron chi connectivity index (χ2n) is 5.08. The highest BCUT2D eigenvalue weighted by molar-refractivity contribution is 5.91. The van der Waals surface area contributed by atoms with Gasteiger partial charge >= 0.3 is 0 Å². The van der Waals surface area contributed by atoms with Crippen LogP contribution in [0.4, 0.5) is 0 Å². The number of carbonyl (C=O) groups excluding carboxylic acids is 1. The highest BCUT2D eigenvalue weighted by Crippen LogP contribution is 2.08. The fourth-order valence-electron chi connectivity index (χ4n) is 2.17. The molecule has 1 aromatic heterocycles. The molecule has 1 N–H and O–H groups in total. The van der Waals surface area contributed by atoms with E-state index in [1.54, 1.807) is 23.0 Å². The van der Waals surface area contributed by atoms with E-state index in [1.807, 2.05) is 66.9 Å². The van der Waals surface area contributed by atoms with Crippen molar-refractivity contribution in [3.8, 4) is 5.69 Å². The number of aromatic nitrogens is 2. The molecule has 3 aromatic rings. The van der Waals surface area contributed by atoms with Crippen LogP contribution in [0.5, 0.6) is 0 Å². The summed E-state index contributed by atoms with van der Waals surface area (Å²) >= 11 is 0. The van der Waals surface area contributed by atoms with Crippen LogP contribution in [-0.4, -0.2) is 15.7 Å². The summed E-state index contributed by atoms with van der Waals surface area (Å²) in [5.41, 5.74) is 3.04. The molecule has 0 aliphatic carbocycles. The molecule has 4 heteroatoms. The molecule has 0 unspecified atom stereocenters. The van der Waals surface area contributed by atoms with Crippen LogP contribution in [0.2, 0.25) is 0 Å². The second kappa shape index (κ2) is 7.22. The fourth-order valence-corrected chi connectivity index (χ4v) is 2.17. The number of benzene rings is 2. The van der Waals surface area contributed by atoms with E-state index >= 15 is 0 Å². The summed E-state index contributed by atoms with van der Waals surface area (Å²) in [5, 5.41) is 7.06. The first-order chi connectivity index (χ1) is 11.3. The van der Waals surface area contributed by atoms with Crippen LogP contribution in [0.1, 0.15) is 11.1 Å². The zero-order valence-electron chi connectivity index (χ0n) is 12.6. The topological polar surface area (TPSA) is 46.9 Å². The summed E-state index contributed by atoms with van der Waals surface area (Å²) in [6, 6.07) is 19.6. The molecule has 2 aromatic carbocycles. The van der Waals surface area contributed by atoms with Crippen molar-refractivity contribution in [2.45, 2.75) is 6.54 Å². The van der Waals surface area contributed by atoms with Gasteiger partial charge in [-0.05, 0) is 35.4 Å². The predicted octanol–water partition coefficient (Wildman–Crippen LogP) is 3.20. The molecule has 1 amide bonds. The highest BCUT2D eigenvalue weighted by atomic mass is 16.1. The molecule has 114 valence electrons. The van der Waals surface area contributed by atoms with Gasteiger partial charge in [0.15, 0.2) is 0 Å². The first-order valence-electron chi connectivity index (χ1n) is 7.41. The largest absolute Gasteiger partial charge is 0.348 e. The van der Waals surface area contributed by atoms with Gasteiger partial charge in [0.1, 0.15) is 0 Å². The maximum atomic E-state index is 11.8. The van der Waals surface area contributed by atoms with Crippen molar-refractivity contribution >= 4 is 12.0 Å². The van der Waals surface area contributed by atoms with E-state index in [-0.39, 0.29) is 5.91 Å². The number of hydrogen-bond donors (Lipinski definition) is 1. The number of nitrogens with one attached hydrogen (secondary N) is 1. The Hall–Kier alpha value is -3.14. The van der Waals surface area contributed by atoms with Gasteiger partial charge in [0.05, 0.1) is 5.69 Å². The number of amides is 1. The molecule has 0 aliphatic rings. The minimum Gasteiger partial charge on any atom is -0.348 e. The fraction of sp³-hybridized carbons (Fsp3) is 0.0526. The number of hydrogen-bond acceptors (Lipinski definition) is 2. The van der Waals surface area contributed by atoms with Gasteiger partial charge < -0.3 is 5.32 Å². The van der Waals surface area contributed by atoms with E-state index in [1.165, 1.54) is 0 Å². The molecule has 0 radical (unpaired) electrons. The maximum absolute atomic E-state index is 11.8. The van der Waals surface area contributed by atoms with E-state index < -0.39 is 0 Å². The lowest BCUT2D eigenvalue weighted by molar-refractivity contribution is -0.116. The number of carbonyl (C=O) groups is 1. The minimum absolute atomic E-state index is 0.106. The highest BCUT2D eigenvalue weighted by Gasteiger charge is 1.99. The third kappa shape index (κ3) is 4.17. The van der Waals surface area contributed by atoms with Crippen LogP contribution < -0.4 is 5.32 Å². The molecule has 0 bridgehead atoms. The van der Waals surface area contributed by atoms with Crippen LogP contribution in [0.25, 0.3) is 11.8 Å². The van der Waals surface area contributed by atoms with E-state index in [0.717, 1.165) is 16.8 Å². The lowest BCUT2D eigenvalue weighted by Gasteiger charge is -2.05. The monoisotopic (exact) mass is 303 g/mol. The van der Waals surface area contributed by atoms with Gasteiger partial charge in [-0.3, -0.25) is 4.79 Å². The summed E-state index contributed by atoms with van der Waals surface area (Å²) in [6.45, 7) is 0.497. The molecule has 3 rings (SSSR count). The van der Waals surface area contributed by atoms with Crippen LogP contribution in [0, 0.1) is 0 Å². The van der Waals surface area contributed by atoms with E-state index in [0.29, 0.717) is 6.54 Å². The van der Waals surface area contributed by atoms with E-state index in [2.05, 4.69) is 10.4 Å². The number of nitrogens with zero attached hydrogens (tertiary/aromatic N) is 2. The quantitative estimate of drug-likeness (QED) is 0.736. The van der Waals surface area contributed by atoms with Crippen LogP contribution in [-0.2, 0) is 11.3 Å². The summed E-state index contributed by atoms with van der Waals surface area (Å²) < 4.78 is 1.80. The second-order valence-corrected chi connectivity index (χ2v) is 5.08. The lowest BCUT2D eigenvalue weighted by atomic mass is 10.2. The Morgan fingerprint density at radius 3 is 2.52 bits per heavy atom. The molecule has 0 spiro atoms.